The maximum atomic E-state index is 12.8. The molecule has 0 aliphatic rings. The number of anilines is 2. The number of hydrogen-bond acceptors (Lipinski definition) is 6. The highest BCUT2D eigenvalue weighted by Gasteiger charge is 2.18. The molecule has 0 saturated heterocycles. The lowest BCUT2D eigenvalue weighted by Crippen LogP contribution is -2.34. The maximum Gasteiger partial charge on any atom is 0.319 e. The predicted molar refractivity (Wildman–Crippen MR) is 105 cm³/mol. The van der Waals surface area contributed by atoms with Gasteiger partial charge in [0.15, 0.2) is 5.75 Å². The molecule has 2 aromatic carbocycles. The number of sulfonamides is 1. The summed E-state index contributed by atoms with van der Waals surface area (Å²) in [4.78, 5) is 25.1. The highest BCUT2D eigenvalue weighted by molar-refractivity contribution is 7.92. The first kappa shape index (κ1) is 19.2. The van der Waals surface area contributed by atoms with E-state index in [0.717, 1.165) is 17.4 Å². The summed E-state index contributed by atoms with van der Waals surface area (Å²) in [5.41, 5.74) is 4.83. The first-order chi connectivity index (χ1) is 13.2. The second-order valence-electron chi connectivity index (χ2n) is 5.98. The van der Waals surface area contributed by atoms with Crippen LogP contribution in [0, 0.1) is 0 Å². The van der Waals surface area contributed by atoms with E-state index >= 15 is 0 Å². The fourth-order valence-electron chi connectivity index (χ4n) is 2.48. The lowest BCUT2D eigenvalue weighted by molar-refractivity contribution is 0.255. The molecule has 10 heteroatoms. The first-order valence-corrected chi connectivity index (χ1v) is 9.88. The van der Waals surface area contributed by atoms with Crippen molar-refractivity contribution in [1.29, 1.82) is 0 Å². The summed E-state index contributed by atoms with van der Waals surface area (Å²) in [6, 6.07) is 10.5. The van der Waals surface area contributed by atoms with Crippen molar-refractivity contribution in [2.45, 2.75) is 0 Å². The minimum Gasteiger partial charge on any atom is -0.462 e. The number of nitrogens with two attached hydrogens (primary N) is 1. The maximum absolute atomic E-state index is 12.8. The van der Waals surface area contributed by atoms with Crippen molar-refractivity contribution in [1.82, 2.24) is 0 Å². The van der Waals surface area contributed by atoms with Gasteiger partial charge in [0.25, 0.3) is 0 Å². The molecule has 0 aliphatic heterocycles. The van der Waals surface area contributed by atoms with Crippen molar-refractivity contribution < 1.29 is 22.4 Å². The molecular weight excluding hydrogens is 386 g/mol. The molecule has 0 bridgehead atoms. The van der Waals surface area contributed by atoms with Crippen LogP contribution in [0.2, 0.25) is 0 Å². The molecule has 0 unspecified atom stereocenters. The van der Waals surface area contributed by atoms with E-state index in [4.69, 9.17) is 14.9 Å². The van der Waals surface area contributed by atoms with Gasteiger partial charge in [0.05, 0.1) is 17.3 Å². The zero-order valence-electron chi connectivity index (χ0n) is 15.0. The van der Waals surface area contributed by atoms with E-state index in [1.165, 1.54) is 19.2 Å². The lowest BCUT2D eigenvalue weighted by Gasteiger charge is -2.15. The molecule has 2 amide bonds. The van der Waals surface area contributed by atoms with E-state index in [1.54, 1.807) is 30.3 Å². The van der Waals surface area contributed by atoms with E-state index in [1.807, 2.05) is 0 Å². The summed E-state index contributed by atoms with van der Waals surface area (Å²) in [5, 5.41) is 0.0931. The summed E-state index contributed by atoms with van der Waals surface area (Å²) in [6.45, 7) is 0. The molecule has 9 nitrogen and oxygen atoms in total. The van der Waals surface area contributed by atoms with Crippen LogP contribution in [0.25, 0.3) is 11.0 Å². The topological polar surface area (TPSA) is 132 Å². The van der Waals surface area contributed by atoms with Gasteiger partial charge in [-0.1, -0.05) is 18.2 Å². The third-order valence-electron chi connectivity index (χ3n) is 3.81. The van der Waals surface area contributed by atoms with Gasteiger partial charge in [-0.3, -0.25) is 14.4 Å². The molecule has 1 aromatic heterocycles. The Balaban J connectivity index is 2.21. The highest BCUT2D eigenvalue weighted by Crippen LogP contribution is 2.34. The molecule has 146 valence electrons. The number of urea groups is 1. The van der Waals surface area contributed by atoms with Crippen LogP contribution in [0.4, 0.5) is 16.2 Å². The minimum absolute atomic E-state index is 0.0607. The molecule has 0 spiro atoms. The van der Waals surface area contributed by atoms with E-state index in [9.17, 15) is 18.0 Å². The predicted octanol–water partition coefficient (Wildman–Crippen LogP) is 2.47. The van der Waals surface area contributed by atoms with Gasteiger partial charge in [0.2, 0.25) is 15.5 Å². The summed E-state index contributed by atoms with van der Waals surface area (Å²) >= 11 is 0. The fourth-order valence-corrected chi connectivity index (χ4v) is 3.03. The minimum atomic E-state index is -3.62. The van der Waals surface area contributed by atoms with Crippen molar-refractivity contribution in [3.8, 4) is 11.5 Å². The Morgan fingerprint density at radius 2 is 1.89 bits per heavy atom. The Hall–Kier alpha value is -3.53. The van der Waals surface area contributed by atoms with Crippen molar-refractivity contribution in [3.63, 3.8) is 0 Å². The van der Waals surface area contributed by atoms with Crippen LogP contribution in [0.3, 0.4) is 0 Å². The number of para-hydroxylation sites is 1. The number of nitrogens with zero attached hydrogens (tertiary/aromatic N) is 1. The smallest absolute Gasteiger partial charge is 0.319 e. The van der Waals surface area contributed by atoms with Gasteiger partial charge in [0, 0.05) is 13.1 Å². The zero-order chi connectivity index (χ0) is 20.5. The monoisotopic (exact) mass is 403 g/mol. The van der Waals surface area contributed by atoms with Crippen molar-refractivity contribution in [2.24, 2.45) is 5.73 Å². The first-order valence-electron chi connectivity index (χ1n) is 7.99. The van der Waals surface area contributed by atoms with E-state index < -0.39 is 21.5 Å². The average Bonchev–Trinajstić information content (AvgIpc) is 2.62. The van der Waals surface area contributed by atoms with Crippen LogP contribution >= 0.6 is 0 Å². The van der Waals surface area contributed by atoms with Crippen LogP contribution in [-0.2, 0) is 10.0 Å². The zero-order valence-corrected chi connectivity index (χ0v) is 15.8. The molecule has 0 aliphatic carbocycles. The van der Waals surface area contributed by atoms with Crippen LogP contribution in [0.15, 0.2) is 57.9 Å². The van der Waals surface area contributed by atoms with Gasteiger partial charge in [0.1, 0.15) is 23.3 Å². The van der Waals surface area contributed by atoms with Gasteiger partial charge in [-0.25, -0.2) is 13.2 Å². The Labute approximate surface area is 160 Å². The van der Waals surface area contributed by atoms with Gasteiger partial charge in [-0.15, -0.1) is 0 Å². The molecule has 0 saturated carbocycles. The number of nitrogens with one attached hydrogen (secondary N) is 1. The second kappa shape index (κ2) is 7.24. The number of carbonyl (C=O) groups is 1. The standard InChI is InChI=1S/C18H17N3O6S/c1-21(18(19)23)14-10-26-15-9-13(20-28(2,24)25)16(8-12(15)17(14)22)27-11-6-4-3-5-7-11/h3-10,20H,1-2H3,(H2,19,23). The number of hydrogen-bond donors (Lipinski definition) is 2. The lowest BCUT2D eigenvalue weighted by atomic mass is 10.2. The fraction of sp³-hybridized carbons (Fsp3) is 0.111. The van der Waals surface area contributed by atoms with Crippen molar-refractivity contribution >= 4 is 38.4 Å². The summed E-state index contributed by atoms with van der Waals surface area (Å²) < 4.78 is 36.9. The Morgan fingerprint density at radius 3 is 2.50 bits per heavy atom. The average molecular weight is 403 g/mol. The largest absolute Gasteiger partial charge is 0.462 e. The normalized spacial score (nSPS) is 11.2. The summed E-state index contributed by atoms with van der Waals surface area (Å²) in [5.74, 6) is 0.531. The van der Waals surface area contributed by atoms with Gasteiger partial charge in [-0.2, -0.15) is 0 Å². The highest BCUT2D eigenvalue weighted by atomic mass is 32.2. The van der Waals surface area contributed by atoms with E-state index in [-0.39, 0.29) is 28.1 Å². The summed E-state index contributed by atoms with van der Waals surface area (Å²) in [7, 11) is -2.29. The SMILES string of the molecule is CN(C(N)=O)c1coc2cc(NS(C)(=O)=O)c(Oc3ccccc3)cc2c1=O. The molecule has 0 atom stereocenters. The molecule has 0 fully saturated rings. The van der Waals surface area contributed by atoms with Crippen LogP contribution in [0.5, 0.6) is 11.5 Å². The number of rotatable bonds is 5. The molecule has 1 heterocycles. The molecule has 3 aromatic rings. The Kier molecular flexibility index (Phi) is 4.97. The quantitative estimate of drug-likeness (QED) is 0.673. The number of amides is 2. The van der Waals surface area contributed by atoms with Crippen molar-refractivity contribution in [3.05, 3.63) is 59.0 Å². The molecule has 3 rings (SSSR count). The number of ether oxygens (including phenoxy) is 1. The molecule has 3 N–H and O–H groups in total. The van der Waals surface area contributed by atoms with E-state index in [2.05, 4.69) is 4.72 Å². The summed E-state index contributed by atoms with van der Waals surface area (Å²) in [6.07, 6.45) is 2.07. The number of carbonyl (C=O) groups excluding carboxylic acids is 1. The van der Waals surface area contributed by atoms with Crippen LogP contribution in [0.1, 0.15) is 0 Å². The Bertz CT molecular complexity index is 1210. The molecular formula is C18H17N3O6S. The third-order valence-corrected chi connectivity index (χ3v) is 4.41. The van der Waals surface area contributed by atoms with Gasteiger partial charge in [-0.05, 0) is 18.2 Å². The van der Waals surface area contributed by atoms with Crippen LogP contribution < -0.4 is 25.5 Å². The number of primary amides is 1. The molecule has 28 heavy (non-hydrogen) atoms. The van der Waals surface area contributed by atoms with Gasteiger partial charge < -0.3 is 14.9 Å². The third kappa shape index (κ3) is 4.07. The van der Waals surface area contributed by atoms with Crippen LogP contribution in [-0.4, -0.2) is 27.8 Å². The Morgan fingerprint density at radius 1 is 1.21 bits per heavy atom. The second-order valence-corrected chi connectivity index (χ2v) is 7.73. The molecule has 0 radical (unpaired) electrons. The number of fused-ring (bicyclic) bond motifs is 1. The van der Waals surface area contributed by atoms with E-state index in [0.29, 0.717) is 5.75 Å². The number of benzene rings is 2. The van der Waals surface area contributed by atoms with Gasteiger partial charge >= 0.3 is 6.03 Å². The van der Waals surface area contributed by atoms with Crippen molar-refractivity contribution in [2.75, 3.05) is 22.9 Å².